The lowest BCUT2D eigenvalue weighted by molar-refractivity contribution is 0.590. The Morgan fingerprint density at radius 1 is 1.25 bits per heavy atom. The zero-order valence-electron chi connectivity index (χ0n) is 10.1. The summed E-state index contributed by atoms with van der Waals surface area (Å²) < 4.78 is 23.4. The molecule has 0 fully saturated rings. The van der Waals surface area contributed by atoms with Gasteiger partial charge in [-0.1, -0.05) is 26.0 Å². The summed E-state index contributed by atoms with van der Waals surface area (Å²) >= 11 is 0. The molecular formula is C12H19NO2S. The first-order valence-electron chi connectivity index (χ1n) is 5.72. The molecule has 1 heterocycles. The highest BCUT2D eigenvalue weighted by atomic mass is 32.2. The van der Waals surface area contributed by atoms with E-state index < -0.39 is 9.84 Å². The fourth-order valence-corrected chi connectivity index (χ4v) is 3.25. The van der Waals surface area contributed by atoms with E-state index in [-0.39, 0.29) is 5.75 Å². The Balaban J connectivity index is 0.000000606. The SMILES string of the molecule is CC.CCN1CCS(=O)(=O)c2ccccc21. The molecule has 0 unspecified atom stereocenters. The van der Waals surface area contributed by atoms with Crippen molar-refractivity contribution in [2.24, 2.45) is 0 Å². The molecule has 0 radical (unpaired) electrons. The number of hydrogen-bond acceptors (Lipinski definition) is 3. The van der Waals surface area contributed by atoms with E-state index in [1.165, 1.54) is 0 Å². The first-order valence-corrected chi connectivity index (χ1v) is 7.37. The molecule has 0 atom stereocenters. The molecule has 1 aromatic carbocycles. The third kappa shape index (κ3) is 2.38. The quantitative estimate of drug-likeness (QED) is 0.757. The highest BCUT2D eigenvalue weighted by molar-refractivity contribution is 7.91. The van der Waals surface area contributed by atoms with Gasteiger partial charge in [0.2, 0.25) is 0 Å². The van der Waals surface area contributed by atoms with Gasteiger partial charge in [-0.3, -0.25) is 0 Å². The summed E-state index contributed by atoms with van der Waals surface area (Å²) in [6.45, 7) is 7.50. The van der Waals surface area contributed by atoms with Crippen LogP contribution in [0, 0.1) is 0 Å². The lowest BCUT2D eigenvalue weighted by Gasteiger charge is -2.29. The summed E-state index contributed by atoms with van der Waals surface area (Å²) in [7, 11) is -3.03. The van der Waals surface area contributed by atoms with Gasteiger partial charge in [0.25, 0.3) is 0 Å². The Morgan fingerprint density at radius 2 is 1.88 bits per heavy atom. The fourth-order valence-electron chi connectivity index (χ4n) is 1.77. The maximum atomic E-state index is 11.7. The molecular weight excluding hydrogens is 222 g/mol. The smallest absolute Gasteiger partial charge is 0.182 e. The largest absolute Gasteiger partial charge is 0.370 e. The second kappa shape index (κ2) is 5.34. The number of anilines is 1. The molecule has 0 aliphatic carbocycles. The number of nitrogens with zero attached hydrogens (tertiary/aromatic N) is 1. The molecule has 0 N–H and O–H groups in total. The van der Waals surface area contributed by atoms with Crippen molar-refractivity contribution in [3.63, 3.8) is 0 Å². The predicted octanol–water partition coefficient (Wildman–Crippen LogP) is 2.33. The molecule has 16 heavy (non-hydrogen) atoms. The number of hydrogen-bond donors (Lipinski definition) is 0. The predicted molar refractivity (Wildman–Crippen MR) is 67.7 cm³/mol. The Bertz CT molecular complexity index is 440. The molecule has 90 valence electrons. The Hall–Kier alpha value is -1.03. The van der Waals surface area contributed by atoms with Crippen molar-refractivity contribution >= 4 is 15.5 Å². The minimum Gasteiger partial charge on any atom is -0.370 e. The van der Waals surface area contributed by atoms with Crippen LogP contribution in [0.3, 0.4) is 0 Å². The van der Waals surface area contributed by atoms with Crippen LogP contribution in [0.1, 0.15) is 20.8 Å². The van der Waals surface area contributed by atoms with Crippen molar-refractivity contribution in [3.05, 3.63) is 24.3 Å². The van der Waals surface area contributed by atoms with Crippen molar-refractivity contribution in [2.75, 3.05) is 23.7 Å². The van der Waals surface area contributed by atoms with E-state index in [9.17, 15) is 8.42 Å². The standard InChI is InChI=1S/C10H13NO2S.C2H6/c1-2-11-7-8-14(12,13)10-6-4-3-5-9(10)11;1-2/h3-6H,2,7-8H2,1H3;1-2H3. The Labute approximate surface area is 98.0 Å². The van der Waals surface area contributed by atoms with E-state index >= 15 is 0 Å². The fraction of sp³-hybridized carbons (Fsp3) is 0.500. The van der Waals surface area contributed by atoms with Gasteiger partial charge in [0.1, 0.15) is 0 Å². The van der Waals surface area contributed by atoms with Crippen LogP contribution in [0.15, 0.2) is 29.2 Å². The molecule has 4 heteroatoms. The molecule has 0 spiro atoms. The van der Waals surface area contributed by atoms with Crippen LogP contribution in [0.5, 0.6) is 0 Å². The Morgan fingerprint density at radius 3 is 2.50 bits per heavy atom. The van der Waals surface area contributed by atoms with E-state index in [1.54, 1.807) is 12.1 Å². The van der Waals surface area contributed by atoms with Crippen LogP contribution in [0.4, 0.5) is 5.69 Å². The van der Waals surface area contributed by atoms with Crippen LogP contribution < -0.4 is 4.90 Å². The van der Waals surface area contributed by atoms with E-state index in [0.717, 1.165) is 12.2 Å². The van der Waals surface area contributed by atoms with Gasteiger partial charge in [0.05, 0.1) is 16.3 Å². The van der Waals surface area contributed by atoms with Gasteiger partial charge in [-0.05, 0) is 19.1 Å². The summed E-state index contributed by atoms with van der Waals surface area (Å²) in [5.74, 6) is 0.234. The van der Waals surface area contributed by atoms with Crippen LogP contribution >= 0.6 is 0 Å². The molecule has 2 rings (SSSR count). The van der Waals surface area contributed by atoms with Crippen molar-refractivity contribution in [1.29, 1.82) is 0 Å². The van der Waals surface area contributed by atoms with Crippen molar-refractivity contribution in [3.8, 4) is 0 Å². The first-order chi connectivity index (χ1) is 7.65. The molecule has 0 bridgehead atoms. The second-order valence-electron chi connectivity index (χ2n) is 3.37. The lowest BCUT2D eigenvalue weighted by atomic mass is 10.3. The van der Waals surface area contributed by atoms with Gasteiger partial charge >= 0.3 is 0 Å². The minimum absolute atomic E-state index is 0.234. The van der Waals surface area contributed by atoms with Gasteiger partial charge in [-0.25, -0.2) is 8.42 Å². The van der Waals surface area contributed by atoms with Crippen molar-refractivity contribution < 1.29 is 8.42 Å². The number of para-hydroxylation sites is 1. The summed E-state index contributed by atoms with van der Waals surface area (Å²) in [4.78, 5) is 2.57. The summed E-state index contributed by atoms with van der Waals surface area (Å²) in [5, 5.41) is 0. The van der Waals surface area contributed by atoms with E-state index in [2.05, 4.69) is 4.90 Å². The maximum absolute atomic E-state index is 11.7. The van der Waals surface area contributed by atoms with Crippen LogP contribution in [-0.4, -0.2) is 27.3 Å². The zero-order chi connectivity index (χ0) is 12.2. The highest BCUT2D eigenvalue weighted by Crippen LogP contribution is 2.29. The third-order valence-electron chi connectivity index (χ3n) is 2.55. The molecule has 3 nitrogen and oxygen atoms in total. The maximum Gasteiger partial charge on any atom is 0.182 e. The number of sulfone groups is 1. The molecule has 1 aliphatic rings. The van der Waals surface area contributed by atoms with E-state index in [4.69, 9.17) is 0 Å². The summed E-state index contributed by atoms with van der Waals surface area (Å²) in [5.41, 5.74) is 0.848. The summed E-state index contributed by atoms with van der Waals surface area (Å²) in [6, 6.07) is 7.21. The molecule has 0 saturated heterocycles. The minimum atomic E-state index is -3.03. The van der Waals surface area contributed by atoms with Crippen molar-refractivity contribution in [2.45, 2.75) is 25.7 Å². The van der Waals surface area contributed by atoms with Gasteiger partial charge in [0, 0.05) is 13.1 Å². The second-order valence-corrected chi connectivity index (χ2v) is 5.44. The average molecular weight is 241 g/mol. The molecule has 0 amide bonds. The van der Waals surface area contributed by atoms with Gasteiger partial charge in [-0.15, -0.1) is 0 Å². The lowest BCUT2D eigenvalue weighted by Crippen LogP contribution is -2.34. The van der Waals surface area contributed by atoms with Crippen LogP contribution in [0.2, 0.25) is 0 Å². The molecule has 0 saturated carbocycles. The van der Waals surface area contributed by atoms with Crippen LogP contribution in [0.25, 0.3) is 0 Å². The topological polar surface area (TPSA) is 37.4 Å². The normalized spacial score (nSPS) is 17.1. The zero-order valence-corrected chi connectivity index (χ0v) is 10.9. The van der Waals surface area contributed by atoms with Gasteiger partial charge in [-0.2, -0.15) is 0 Å². The highest BCUT2D eigenvalue weighted by Gasteiger charge is 2.26. The Kier molecular flexibility index (Phi) is 4.35. The summed E-state index contributed by atoms with van der Waals surface area (Å²) in [6.07, 6.45) is 0. The van der Waals surface area contributed by atoms with Gasteiger partial charge < -0.3 is 4.90 Å². The van der Waals surface area contributed by atoms with E-state index in [0.29, 0.717) is 11.4 Å². The number of benzene rings is 1. The average Bonchev–Trinajstić information content (AvgIpc) is 2.32. The number of rotatable bonds is 1. The van der Waals surface area contributed by atoms with E-state index in [1.807, 2.05) is 32.9 Å². The molecule has 1 aliphatic heterocycles. The van der Waals surface area contributed by atoms with Crippen LogP contribution in [-0.2, 0) is 9.84 Å². The third-order valence-corrected chi connectivity index (χ3v) is 4.29. The van der Waals surface area contributed by atoms with Crippen molar-refractivity contribution in [1.82, 2.24) is 0 Å². The molecule has 1 aromatic rings. The first kappa shape index (κ1) is 13.0. The number of fused-ring (bicyclic) bond motifs is 1. The van der Waals surface area contributed by atoms with Gasteiger partial charge in [0.15, 0.2) is 9.84 Å². The monoisotopic (exact) mass is 241 g/mol. The molecule has 0 aromatic heterocycles.